The van der Waals surface area contributed by atoms with Crippen molar-refractivity contribution in [3.8, 4) is 45.3 Å². The summed E-state index contributed by atoms with van der Waals surface area (Å²) in [5, 5.41) is 30.4. The molecule has 8 aromatic rings. The van der Waals surface area contributed by atoms with E-state index in [1.165, 1.54) is 0 Å². The summed E-state index contributed by atoms with van der Waals surface area (Å²) in [7, 11) is 20.1. The van der Waals surface area contributed by atoms with Crippen LogP contribution in [0.3, 0.4) is 0 Å². The maximum absolute atomic E-state index is 11.5. The van der Waals surface area contributed by atoms with E-state index >= 15 is 0 Å². The minimum absolute atomic E-state index is 0.212. The summed E-state index contributed by atoms with van der Waals surface area (Å²) in [6.07, 6.45) is 0. The van der Waals surface area contributed by atoms with E-state index in [0.717, 1.165) is 54.2 Å². The van der Waals surface area contributed by atoms with E-state index in [2.05, 4.69) is 24.3 Å². The van der Waals surface area contributed by atoms with Gasteiger partial charge >= 0.3 is 49.6 Å². The van der Waals surface area contributed by atoms with Gasteiger partial charge in [-0.3, -0.25) is 0 Å². The molecule has 0 spiro atoms. The van der Waals surface area contributed by atoms with Crippen LogP contribution in [0.25, 0.3) is 65.3 Å². The first-order valence-electron chi connectivity index (χ1n) is 15.1. The zero-order chi connectivity index (χ0) is 33.4. The summed E-state index contributed by atoms with van der Waals surface area (Å²) in [6, 6.07) is 48.0. The molecule has 48 heavy (non-hydrogen) atoms. The van der Waals surface area contributed by atoms with Crippen LogP contribution in [-0.2, 0) is 0 Å². The Balaban J connectivity index is 0.000000681. The van der Waals surface area contributed by atoms with E-state index in [4.69, 9.17) is 40.4 Å². The van der Waals surface area contributed by atoms with Crippen LogP contribution in [0, 0.1) is 0 Å². The van der Waals surface area contributed by atoms with E-state index in [9.17, 15) is 10.2 Å². The minimum atomic E-state index is -3.29. The van der Waals surface area contributed by atoms with E-state index < -0.39 is 13.9 Å². The quantitative estimate of drug-likeness (QED) is 0.174. The van der Waals surface area contributed by atoms with E-state index in [1.807, 2.05) is 121 Å². The fraction of sp³-hybridized carbons (Fsp3) is 0. The molecule has 0 radical (unpaired) electrons. The van der Waals surface area contributed by atoms with Crippen LogP contribution in [0.15, 0.2) is 146 Å². The molecule has 0 fully saturated rings. The van der Waals surface area contributed by atoms with Gasteiger partial charge in [0.1, 0.15) is 23.0 Å². The molecule has 0 saturated heterocycles. The molecular formula is C40H26Cl4O3Sn. The van der Waals surface area contributed by atoms with Crippen LogP contribution in [0.4, 0.5) is 0 Å². The van der Waals surface area contributed by atoms with Crippen molar-refractivity contribution in [3.63, 3.8) is 0 Å². The van der Waals surface area contributed by atoms with Crippen molar-refractivity contribution in [3.05, 3.63) is 146 Å². The molecule has 3 nitrogen and oxygen atoms in total. The Labute approximate surface area is 296 Å². The van der Waals surface area contributed by atoms with Crippen molar-refractivity contribution >= 4 is 92.6 Å². The van der Waals surface area contributed by atoms with Crippen LogP contribution in [0.1, 0.15) is 0 Å². The Morgan fingerprint density at radius 2 is 0.625 bits per heavy atom. The second-order valence-corrected chi connectivity index (χ2v) is 36.7. The summed E-state index contributed by atoms with van der Waals surface area (Å²) in [6.45, 7) is 0. The molecule has 8 rings (SSSR count). The van der Waals surface area contributed by atoms with Gasteiger partial charge in [-0.1, -0.05) is 121 Å². The molecule has 0 aliphatic heterocycles. The summed E-state index contributed by atoms with van der Waals surface area (Å²) < 4.78 is 7.09. The molecule has 0 atom stereocenters. The monoisotopic (exact) mass is 814 g/mol. The predicted molar refractivity (Wildman–Crippen MR) is 206 cm³/mol. The topological polar surface area (TPSA) is 49.7 Å². The molecule has 8 aromatic carbocycles. The molecule has 0 aliphatic carbocycles. The number of ether oxygens (including phenoxy) is 1. The fourth-order valence-corrected chi connectivity index (χ4v) is 6.18. The molecule has 0 amide bonds. The van der Waals surface area contributed by atoms with E-state index in [0.29, 0.717) is 22.6 Å². The van der Waals surface area contributed by atoms with Crippen LogP contribution in [-0.4, -0.2) is 24.1 Å². The van der Waals surface area contributed by atoms with E-state index in [1.54, 1.807) is 0 Å². The van der Waals surface area contributed by atoms with Gasteiger partial charge in [0.05, 0.1) is 0 Å². The number of benzene rings is 8. The number of fused-ring (bicyclic) bond motifs is 4. The third-order valence-electron chi connectivity index (χ3n) is 8.34. The van der Waals surface area contributed by atoms with Gasteiger partial charge in [-0.25, -0.2) is 0 Å². The normalized spacial score (nSPS) is 11.5. The van der Waals surface area contributed by atoms with Crippen molar-refractivity contribution in [1.82, 2.24) is 0 Å². The van der Waals surface area contributed by atoms with Gasteiger partial charge in [-0.05, 0) is 45.8 Å². The van der Waals surface area contributed by atoms with Gasteiger partial charge < -0.3 is 14.9 Å². The molecular weight excluding hydrogens is 789 g/mol. The number of rotatable bonds is 4. The van der Waals surface area contributed by atoms with Crippen LogP contribution in [0.2, 0.25) is 0 Å². The Hall–Kier alpha value is -3.84. The number of hydrogen-bond donors (Lipinski definition) is 2. The number of hydrogen-bond acceptors (Lipinski definition) is 3. The number of halogens is 4. The van der Waals surface area contributed by atoms with Gasteiger partial charge in [0.2, 0.25) is 0 Å². The Morgan fingerprint density at radius 3 is 0.979 bits per heavy atom. The molecule has 2 N–H and O–H groups in total. The maximum atomic E-state index is 11.5. The van der Waals surface area contributed by atoms with Crippen molar-refractivity contribution in [1.29, 1.82) is 0 Å². The number of aromatic hydroxyl groups is 2. The van der Waals surface area contributed by atoms with Gasteiger partial charge in [0.15, 0.2) is 0 Å². The first-order valence-corrected chi connectivity index (χ1v) is 29.5. The first kappa shape index (κ1) is 32.7. The Bertz CT molecular complexity index is 2300. The average molecular weight is 815 g/mol. The third-order valence-corrected chi connectivity index (χ3v) is 8.34. The Morgan fingerprint density at radius 1 is 0.354 bits per heavy atom. The first-order chi connectivity index (χ1) is 23.2. The van der Waals surface area contributed by atoms with Gasteiger partial charge in [0, 0.05) is 43.8 Å². The van der Waals surface area contributed by atoms with Crippen LogP contribution in [0.5, 0.6) is 23.0 Å². The molecule has 8 heteroatoms. The van der Waals surface area contributed by atoms with Crippen molar-refractivity contribution in [2.45, 2.75) is 0 Å². The fourth-order valence-electron chi connectivity index (χ4n) is 6.18. The van der Waals surface area contributed by atoms with Crippen LogP contribution >= 0.6 is 35.7 Å². The zero-order valence-corrected chi connectivity index (χ0v) is 31.0. The van der Waals surface area contributed by atoms with Gasteiger partial charge in [0.25, 0.3) is 0 Å². The zero-order valence-electron chi connectivity index (χ0n) is 25.2. The summed E-state index contributed by atoms with van der Waals surface area (Å²) in [4.78, 5) is 0. The van der Waals surface area contributed by atoms with Gasteiger partial charge in [-0.2, -0.15) is 0 Å². The van der Waals surface area contributed by atoms with E-state index in [-0.39, 0.29) is 11.5 Å². The number of phenols is 2. The summed E-state index contributed by atoms with van der Waals surface area (Å²) in [5.74, 6) is 1.70. The summed E-state index contributed by atoms with van der Waals surface area (Å²) in [5.41, 5.74) is 2.94. The van der Waals surface area contributed by atoms with Crippen molar-refractivity contribution in [2.24, 2.45) is 0 Å². The second kappa shape index (κ2) is 13.6. The molecule has 0 bridgehead atoms. The Kier molecular flexibility index (Phi) is 9.25. The SMILES string of the molecule is Oc1c(-c2ccc3ccccc3c2Oc2c(-c3ccc4ccccc4c3O)ccc3ccccc23)ccc2ccccc12.[Cl][Sn]([Cl])([Cl])[Cl]. The van der Waals surface area contributed by atoms with Crippen molar-refractivity contribution in [2.75, 3.05) is 0 Å². The van der Waals surface area contributed by atoms with Crippen molar-refractivity contribution < 1.29 is 14.9 Å². The standard InChI is InChI=1S/C40H26O3.4ClH.Sn/c41-37-29-13-5-1-9-25(29)17-21-33(37)35-23-19-27-11-3-7-15-31(27)39(35)43-40-32-16-8-4-12-28(32)20-24-36(40)34-22-18-26-10-2-6-14-30(26)38(34)42;;;;;/h1-24,41-42H;4*1H;/q;;;;;+4/p-4. The third kappa shape index (κ3) is 6.58. The molecule has 236 valence electrons. The summed E-state index contributed by atoms with van der Waals surface area (Å²) >= 11 is -3.29. The molecule has 0 heterocycles. The van der Waals surface area contributed by atoms with Crippen LogP contribution < -0.4 is 4.74 Å². The molecule has 0 saturated carbocycles. The van der Waals surface area contributed by atoms with Gasteiger partial charge in [-0.15, -0.1) is 0 Å². The predicted octanol–water partition coefficient (Wildman–Crippen LogP) is 13.2. The molecule has 0 aliphatic rings. The number of phenolic OH excluding ortho intramolecular Hbond substituents is 2. The average Bonchev–Trinajstić information content (AvgIpc) is 3.09. The molecule has 0 unspecified atom stereocenters. The molecule has 0 aromatic heterocycles. The second-order valence-electron chi connectivity index (χ2n) is 11.2.